The first-order valence-electron chi connectivity index (χ1n) is 8.88. The molecule has 2 aromatic heterocycles. The second-order valence-electron chi connectivity index (χ2n) is 6.33. The van der Waals surface area contributed by atoms with Crippen LogP contribution in [0.5, 0.6) is 11.5 Å². The summed E-state index contributed by atoms with van der Waals surface area (Å²) >= 11 is 0. The quantitative estimate of drug-likeness (QED) is 0.635. The molecule has 2 heterocycles. The van der Waals surface area contributed by atoms with Crippen molar-refractivity contribution in [3.63, 3.8) is 0 Å². The second-order valence-corrected chi connectivity index (χ2v) is 6.33. The molecule has 1 amide bonds. The van der Waals surface area contributed by atoms with E-state index in [4.69, 9.17) is 18.5 Å². The fraction of sp³-hybridized carbons (Fsp3) is 0.350. The van der Waals surface area contributed by atoms with Crippen LogP contribution in [-0.2, 0) is 17.8 Å². The molecule has 0 aliphatic rings. The van der Waals surface area contributed by atoms with Gasteiger partial charge in [-0.3, -0.25) is 4.79 Å². The predicted octanol–water partition coefficient (Wildman–Crippen LogP) is 3.21. The van der Waals surface area contributed by atoms with Crippen molar-refractivity contribution in [2.75, 3.05) is 14.2 Å². The number of aromatic nitrogens is 2. The van der Waals surface area contributed by atoms with Crippen molar-refractivity contribution in [3.05, 3.63) is 47.0 Å². The van der Waals surface area contributed by atoms with E-state index < -0.39 is 0 Å². The Labute approximate surface area is 162 Å². The SMILES string of the molecule is COc1ccc(-c2cc(CNC(=O)CCc3c(C)noc3C)no2)cc1OC. The van der Waals surface area contributed by atoms with E-state index in [1.165, 1.54) is 0 Å². The van der Waals surface area contributed by atoms with E-state index in [1.54, 1.807) is 26.4 Å². The number of benzene rings is 1. The molecule has 0 bridgehead atoms. The highest BCUT2D eigenvalue weighted by Crippen LogP contribution is 2.32. The first-order valence-corrected chi connectivity index (χ1v) is 8.88. The summed E-state index contributed by atoms with van der Waals surface area (Å²) in [6.07, 6.45) is 0.936. The van der Waals surface area contributed by atoms with Gasteiger partial charge in [-0.2, -0.15) is 0 Å². The molecule has 0 fully saturated rings. The lowest BCUT2D eigenvalue weighted by Crippen LogP contribution is -2.23. The topological polar surface area (TPSA) is 99.6 Å². The van der Waals surface area contributed by atoms with Crippen LogP contribution in [0.3, 0.4) is 0 Å². The number of ether oxygens (including phenoxy) is 2. The Morgan fingerprint density at radius 3 is 2.54 bits per heavy atom. The number of methoxy groups -OCH3 is 2. The average molecular weight is 385 g/mol. The smallest absolute Gasteiger partial charge is 0.220 e. The van der Waals surface area contributed by atoms with E-state index in [2.05, 4.69) is 15.6 Å². The minimum absolute atomic E-state index is 0.0735. The van der Waals surface area contributed by atoms with Gasteiger partial charge in [-0.25, -0.2) is 0 Å². The standard InChI is InChI=1S/C20H23N3O5/c1-12-16(13(2)27-22-12)6-8-20(24)21-11-15-10-18(28-23-15)14-5-7-17(25-3)19(9-14)26-4/h5,7,9-10H,6,8,11H2,1-4H3,(H,21,24). The number of nitrogens with one attached hydrogen (secondary N) is 1. The third kappa shape index (κ3) is 4.33. The Morgan fingerprint density at radius 2 is 1.86 bits per heavy atom. The zero-order valence-corrected chi connectivity index (χ0v) is 16.4. The maximum atomic E-state index is 12.1. The molecule has 0 saturated heterocycles. The number of nitrogens with zero attached hydrogens (tertiary/aromatic N) is 2. The lowest BCUT2D eigenvalue weighted by Gasteiger charge is -2.07. The van der Waals surface area contributed by atoms with E-state index in [0.29, 0.717) is 35.8 Å². The summed E-state index contributed by atoms with van der Waals surface area (Å²) in [7, 11) is 3.16. The van der Waals surface area contributed by atoms with Gasteiger partial charge in [0.2, 0.25) is 5.91 Å². The van der Waals surface area contributed by atoms with Crippen molar-refractivity contribution in [1.82, 2.24) is 15.6 Å². The number of amides is 1. The highest BCUT2D eigenvalue weighted by atomic mass is 16.5. The molecule has 3 aromatic rings. The molecule has 0 atom stereocenters. The van der Waals surface area contributed by atoms with E-state index in [0.717, 1.165) is 22.6 Å². The average Bonchev–Trinajstić information content (AvgIpc) is 3.31. The first kappa shape index (κ1) is 19.5. The van der Waals surface area contributed by atoms with Crippen molar-refractivity contribution in [2.45, 2.75) is 33.2 Å². The Kier molecular flexibility index (Phi) is 5.98. The van der Waals surface area contributed by atoms with Crippen LogP contribution in [0.25, 0.3) is 11.3 Å². The molecular formula is C20H23N3O5. The monoisotopic (exact) mass is 385 g/mol. The van der Waals surface area contributed by atoms with Crippen LogP contribution in [-0.4, -0.2) is 30.4 Å². The molecule has 0 aliphatic carbocycles. The van der Waals surface area contributed by atoms with Gasteiger partial charge in [0.15, 0.2) is 17.3 Å². The molecule has 28 heavy (non-hydrogen) atoms. The fourth-order valence-corrected chi connectivity index (χ4v) is 2.90. The highest BCUT2D eigenvalue weighted by Gasteiger charge is 2.13. The summed E-state index contributed by atoms with van der Waals surface area (Å²) in [4.78, 5) is 12.1. The normalized spacial score (nSPS) is 10.7. The molecule has 1 aromatic carbocycles. The number of carbonyl (C=O) groups excluding carboxylic acids is 1. The maximum absolute atomic E-state index is 12.1. The zero-order chi connectivity index (χ0) is 20.1. The van der Waals surface area contributed by atoms with Gasteiger partial charge in [0, 0.05) is 23.6 Å². The molecule has 0 spiro atoms. The molecular weight excluding hydrogens is 362 g/mol. The molecule has 1 N–H and O–H groups in total. The number of rotatable bonds is 8. The molecule has 0 unspecified atom stereocenters. The first-order chi connectivity index (χ1) is 13.5. The van der Waals surface area contributed by atoms with Gasteiger partial charge >= 0.3 is 0 Å². The highest BCUT2D eigenvalue weighted by molar-refractivity contribution is 5.76. The van der Waals surface area contributed by atoms with E-state index in [-0.39, 0.29) is 12.5 Å². The van der Waals surface area contributed by atoms with Crippen LogP contribution in [0.4, 0.5) is 0 Å². The van der Waals surface area contributed by atoms with Crippen LogP contribution in [0, 0.1) is 13.8 Å². The summed E-state index contributed by atoms with van der Waals surface area (Å²) in [5.74, 6) is 2.50. The van der Waals surface area contributed by atoms with Crippen molar-refractivity contribution in [1.29, 1.82) is 0 Å². The van der Waals surface area contributed by atoms with Crippen molar-refractivity contribution >= 4 is 5.91 Å². The molecule has 8 heteroatoms. The third-order valence-electron chi connectivity index (χ3n) is 4.48. The molecule has 0 aliphatic heterocycles. The second kappa shape index (κ2) is 8.60. The van der Waals surface area contributed by atoms with Gasteiger partial charge in [-0.15, -0.1) is 0 Å². The Morgan fingerprint density at radius 1 is 1.07 bits per heavy atom. The van der Waals surface area contributed by atoms with Crippen LogP contribution < -0.4 is 14.8 Å². The van der Waals surface area contributed by atoms with Crippen molar-refractivity contribution in [2.24, 2.45) is 0 Å². The molecule has 3 rings (SSSR count). The maximum Gasteiger partial charge on any atom is 0.220 e. The summed E-state index contributed by atoms with van der Waals surface area (Å²) in [5, 5.41) is 10.8. The summed E-state index contributed by atoms with van der Waals surface area (Å²) in [5.41, 5.74) is 3.24. The third-order valence-corrected chi connectivity index (χ3v) is 4.48. The minimum Gasteiger partial charge on any atom is -0.493 e. The van der Waals surface area contributed by atoms with Gasteiger partial charge in [0.05, 0.1) is 26.5 Å². The zero-order valence-electron chi connectivity index (χ0n) is 16.4. The van der Waals surface area contributed by atoms with Crippen LogP contribution in [0.15, 0.2) is 33.3 Å². The van der Waals surface area contributed by atoms with Crippen molar-refractivity contribution in [3.8, 4) is 22.8 Å². The largest absolute Gasteiger partial charge is 0.493 e. The number of carbonyl (C=O) groups is 1. The van der Waals surface area contributed by atoms with E-state index in [1.807, 2.05) is 26.0 Å². The van der Waals surface area contributed by atoms with Crippen molar-refractivity contribution < 1.29 is 23.3 Å². The molecule has 0 saturated carbocycles. The molecule has 0 radical (unpaired) electrons. The molecule has 8 nitrogen and oxygen atoms in total. The van der Waals surface area contributed by atoms with Crippen LogP contribution in [0.1, 0.15) is 29.1 Å². The fourth-order valence-electron chi connectivity index (χ4n) is 2.90. The van der Waals surface area contributed by atoms with Crippen LogP contribution in [0.2, 0.25) is 0 Å². The van der Waals surface area contributed by atoms with Gasteiger partial charge < -0.3 is 23.8 Å². The Bertz CT molecular complexity index is 941. The van der Waals surface area contributed by atoms with Gasteiger partial charge in [-0.05, 0) is 38.5 Å². The number of hydrogen-bond acceptors (Lipinski definition) is 7. The van der Waals surface area contributed by atoms with Crippen LogP contribution >= 0.6 is 0 Å². The Hall–Kier alpha value is -3.29. The lowest BCUT2D eigenvalue weighted by molar-refractivity contribution is -0.121. The predicted molar refractivity (Wildman–Crippen MR) is 101 cm³/mol. The lowest BCUT2D eigenvalue weighted by atomic mass is 10.1. The summed E-state index contributed by atoms with van der Waals surface area (Å²) < 4.78 is 21.0. The number of aryl methyl sites for hydroxylation is 2. The van der Waals surface area contributed by atoms with Gasteiger partial charge in [-0.1, -0.05) is 10.3 Å². The van der Waals surface area contributed by atoms with Gasteiger partial charge in [0.25, 0.3) is 0 Å². The van der Waals surface area contributed by atoms with Gasteiger partial charge in [0.1, 0.15) is 11.5 Å². The summed E-state index contributed by atoms with van der Waals surface area (Å²) in [6.45, 7) is 4.00. The minimum atomic E-state index is -0.0735. The van der Waals surface area contributed by atoms with E-state index in [9.17, 15) is 4.79 Å². The summed E-state index contributed by atoms with van der Waals surface area (Å²) in [6, 6.07) is 7.25. The van der Waals surface area contributed by atoms with E-state index >= 15 is 0 Å². The number of hydrogen-bond donors (Lipinski definition) is 1. The molecule has 148 valence electrons. The Balaban J connectivity index is 1.57.